The monoisotopic (exact) mass is 209 g/mol. The maximum atomic E-state index is 11.3. The van der Waals surface area contributed by atoms with Crippen molar-refractivity contribution in [2.24, 2.45) is 5.92 Å². The minimum atomic E-state index is -0.0172. The molecule has 0 saturated heterocycles. The van der Waals surface area contributed by atoms with Crippen LogP contribution in [0.4, 0.5) is 0 Å². The van der Waals surface area contributed by atoms with Gasteiger partial charge in [0, 0.05) is 12.6 Å². The molecule has 0 bridgehead atoms. The Labute approximate surface area is 91.0 Å². The van der Waals surface area contributed by atoms with Gasteiger partial charge in [-0.15, -0.1) is 0 Å². The first kappa shape index (κ1) is 12.0. The molecule has 1 fully saturated rings. The van der Waals surface area contributed by atoms with E-state index in [2.05, 4.69) is 17.6 Å². The molecule has 4 nitrogen and oxygen atoms in total. The average Bonchev–Trinajstić information content (AvgIpc) is 2.12. The summed E-state index contributed by atoms with van der Waals surface area (Å²) in [6, 6.07) is 2.42. The molecule has 1 aliphatic carbocycles. The van der Waals surface area contributed by atoms with Gasteiger partial charge in [-0.05, 0) is 25.7 Å². The Morgan fingerprint density at radius 1 is 1.60 bits per heavy atom. The van der Waals surface area contributed by atoms with Gasteiger partial charge in [0.1, 0.15) is 0 Å². The van der Waals surface area contributed by atoms with E-state index >= 15 is 0 Å². The lowest BCUT2D eigenvalue weighted by Gasteiger charge is -2.31. The molecule has 1 unspecified atom stereocenters. The molecule has 0 heterocycles. The Bertz CT molecular complexity index is 243. The van der Waals surface area contributed by atoms with Gasteiger partial charge < -0.3 is 10.6 Å². The second-order valence-electron chi connectivity index (χ2n) is 4.12. The number of amides is 1. The molecule has 1 atom stereocenters. The third kappa shape index (κ3) is 4.30. The van der Waals surface area contributed by atoms with E-state index in [0.717, 1.165) is 5.92 Å². The van der Waals surface area contributed by atoms with Crippen LogP contribution >= 0.6 is 0 Å². The molecule has 1 saturated carbocycles. The van der Waals surface area contributed by atoms with Gasteiger partial charge in [-0.1, -0.05) is 6.42 Å². The summed E-state index contributed by atoms with van der Waals surface area (Å²) < 4.78 is 0. The normalized spacial score (nSPS) is 17.6. The van der Waals surface area contributed by atoms with E-state index in [1.807, 2.05) is 6.07 Å². The zero-order valence-electron chi connectivity index (χ0n) is 9.25. The molecule has 0 radical (unpaired) electrons. The first-order valence-corrected chi connectivity index (χ1v) is 5.61. The van der Waals surface area contributed by atoms with Gasteiger partial charge in [-0.2, -0.15) is 5.26 Å². The zero-order valence-corrected chi connectivity index (χ0v) is 9.25. The molecule has 1 amide bonds. The van der Waals surface area contributed by atoms with Gasteiger partial charge >= 0.3 is 0 Å². The number of rotatable bonds is 6. The van der Waals surface area contributed by atoms with E-state index in [-0.39, 0.29) is 5.91 Å². The summed E-state index contributed by atoms with van der Waals surface area (Å²) in [4.78, 5) is 11.3. The van der Waals surface area contributed by atoms with Gasteiger partial charge in [0.15, 0.2) is 0 Å². The molecule has 84 valence electrons. The van der Waals surface area contributed by atoms with Crippen molar-refractivity contribution in [1.29, 1.82) is 5.26 Å². The topological polar surface area (TPSA) is 64.9 Å². The highest BCUT2D eigenvalue weighted by Gasteiger charge is 2.23. The maximum Gasteiger partial charge on any atom is 0.233 e. The van der Waals surface area contributed by atoms with Gasteiger partial charge in [0.2, 0.25) is 5.91 Å². The molecule has 4 heteroatoms. The molecule has 0 aromatic rings. The minimum absolute atomic E-state index is 0.0172. The maximum absolute atomic E-state index is 11.3. The molecule has 0 aromatic heterocycles. The number of carbonyl (C=O) groups is 1. The van der Waals surface area contributed by atoms with Crippen LogP contribution in [-0.2, 0) is 4.79 Å². The van der Waals surface area contributed by atoms with Gasteiger partial charge in [-0.25, -0.2) is 0 Å². The Hall–Kier alpha value is -1.08. The molecule has 0 aromatic carbocycles. The smallest absolute Gasteiger partial charge is 0.233 e. The summed E-state index contributed by atoms with van der Waals surface area (Å²) in [6.45, 7) is 2.95. The van der Waals surface area contributed by atoms with Crippen LogP contribution in [-0.4, -0.2) is 25.0 Å². The van der Waals surface area contributed by atoms with Crippen molar-refractivity contribution in [2.75, 3.05) is 13.1 Å². The Balaban J connectivity index is 2.03. The minimum Gasteiger partial charge on any atom is -0.354 e. The largest absolute Gasteiger partial charge is 0.354 e. The van der Waals surface area contributed by atoms with E-state index in [4.69, 9.17) is 5.26 Å². The quantitative estimate of drug-likeness (QED) is 0.636. The van der Waals surface area contributed by atoms with E-state index in [9.17, 15) is 4.79 Å². The van der Waals surface area contributed by atoms with Gasteiger partial charge in [0.25, 0.3) is 0 Å². The van der Waals surface area contributed by atoms with Crippen LogP contribution in [0.1, 0.15) is 32.6 Å². The lowest BCUT2D eigenvalue weighted by Crippen LogP contribution is -2.43. The number of carbonyl (C=O) groups excluding carboxylic acids is 1. The Morgan fingerprint density at radius 3 is 2.87 bits per heavy atom. The molecule has 0 spiro atoms. The van der Waals surface area contributed by atoms with Crippen LogP contribution in [0.5, 0.6) is 0 Å². The van der Waals surface area contributed by atoms with Gasteiger partial charge in [-0.3, -0.25) is 4.79 Å². The van der Waals surface area contributed by atoms with Crippen LogP contribution in [0.2, 0.25) is 0 Å². The summed E-state index contributed by atoms with van der Waals surface area (Å²) >= 11 is 0. The van der Waals surface area contributed by atoms with Crippen molar-refractivity contribution in [1.82, 2.24) is 10.6 Å². The fourth-order valence-corrected chi connectivity index (χ4v) is 1.68. The number of nitrogens with one attached hydrogen (secondary N) is 2. The van der Waals surface area contributed by atoms with Crippen molar-refractivity contribution < 1.29 is 4.79 Å². The number of nitrogens with zero attached hydrogens (tertiary/aromatic N) is 1. The van der Waals surface area contributed by atoms with Crippen LogP contribution in [0.3, 0.4) is 0 Å². The zero-order chi connectivity index (χ0) is 11.1. The van der Waals surface area contributed by atoms with E-state index < -0.39 is 0 Å². The Kier molecular flexibility index (Phi) is 5.13. The van der Waals surface area contributed by atoms with E-state index in [1.54, 1.807) is 0 Å². The molecular formula is C11H19N3O. The summed E-state index contributed by atoms with van der Waals surface area (Å²) in [5, 5.41) is 14.2. The number of hydrogen-bond acceptors (Lipinski definition) is 3. The molecule has 15 heavy (non-hydrogen) atoms. The van der Waals surface area contributed by atoms with Crippen LogP contribution in [0.25, 0.3) is 0 Å². The molecule has 2 N–H and O–H groups in total. The van der Waals surface area contributed by atoms with Crippen molar-refractivity contribution in [3.63, 3.8) is 0 Å². The molecule has 0 aliphatic heterocycles. The molecular weight excluding hydrogens is 190 g/mol. The highest BCUT2D eigenvalue weighted by molar-refractivity contribution is 5.77. The predicted octanol–water partition coefficient (Wildman–Crippen LogP) is 0.794. The standard InChI is InChI=1S/C11H19N3O/c1-9(10-4-2-5-10)14-8-11(15)13-7-3-6-12/h9-10,14H,2-5,7-8H2,1H3,(H,13,15). The third-order valence-corrected chi connectivity index (χ3v) is 3.00. The van der Waals surface area contributed by atoms with Crippen molar-refractivity contribution in [3.05, 3.63) is 0 Å². The lowest BCUT2D eigenvalue weighted by atomic mass is 9.80. The predicted molar refractivity (Wildman–Crippen MR) is 58.0 cm³/mol. The van der Waals surface area contributed by atoms with Crippen molar-refractivity contribution in [3.8, 4) is 6.07 Å². The second-order valence-corrected chi connectivity index (χ2v) is 4.12. The van der Waals surface area contributed by atoms with Crippen molar-refractivity contribution in [2.45, 2.75) is 38.6 Å². The SMILES string of the molecule is CC(NCC(=O)NCCC#N)C1CCC1. The number of nitriles is 1. The fraction of sp³-hybridized carbons (Fsp3) is 0.818. The van der Waals surface area contributed by atoms with E-state index in [0.29, 0.717) is 25.6 Å². The summed E-state index contributed by atoms with van der Waals surface area (Å²) in [6.07, 6.45) is 4.27. The molecule has 1 rings (SSSR count). The highest BCUT2D eigenvalue weighted by Crippen LogP contribution is 2.29. The molecule has 1 aliphatic rings. The second kappa shape index (κ2) is 6.41. The first-order valence-electron chi connectivity index (χ1n) is 5.61. The van der Waals surface area contributed by atoms with Gasteiger partial charge in [0.05, 0.1) is 19.0 Å². The van der Waals surface area contributed by atoms with Crippen molar-refractivity contribution >= 4 is 5.91 Å². The first-order chi connectivity index (χ1) is 7.24. The summed E-state index contributed by atoms with van der Waals surface area (Å²) in [5.41, 5.74) is 0. The van der Waals surface area contributed by atoms with Crippen LogP contribution in [0, 0.1) is 17.2 Å². The van der Waals surface area contributed by atoms with Crippen LogP contribution < -0.4 is 10.6 Å². The Morgan fingerprint density at radius 2 is 2.33 bits per heavy atom. The third-order valence-electron chi connectivity index (χ3n) is 3.00. The number of hydrogen-bond donors (Lipinski definition) is 2. The lowest BCUT2D eigenvalue weighted by molar-refractivity contribution is -0.120. The summed E-state index contributed by atoms with van der Waals surface area (Å²) in [7, 11) is 0. The summed E-state index contributed by atoms with van der Waals surface area (Å²) in [5.74, 6) is 0.730. The van der Waals surface area contributed by atoms with Crippen LogP contribution in [0.15, 0.2) is 0 Å². The fourth-order valence-electron chi connectivity index (χ4n) is 1.68. The highest BCUT2D eigenvalue weighted by atomic mass is 16.1. The van der Waals surface area contributed by atoms with E-state index in [1.165, 1.54) is 19.3 Å². The average molecular weight is 209 g/mol.